The highest BCUT2D eigenvalue weighted by atomic mass is 16.3. The number of nitrogens with zero attached hydrogens (tertiary/aromatic N) is 2. The lowest BCUT2D eigenvalue weighted by atomic mass is 10.1. The van der Waals surface area contributed by atoms with E-state index in [-0.39, 0.29) is 18.9 Å². The third-order valence-electron chi connectivity index (χ3n) is 4.94. The third kappa shape index (κ3) is 6.32. The SMILES string of the molecule is O=C(/C=C/c1ccco1)NCCC(=O)NNC(=O)c1cn(-c2ccccc2)nc1-c1ccccc1. The molecule has 9 nitrogen and oxygen atoms in total. The largest absolute Gasteiger partial charge is 0.465 e. The molecular weight excluding hydrogens is 446 g/mol. The van der Waals surface area contributed by atoms with Crippen LogP contribution in [0.3, 0.4) is 0 Å². The van der Waals surface area contributed by atoms with Crippen LogP contribution in [0, 0.1) is 0 Å². The number of hydrogen-bond acceptors (Lipinski definition) is 5. The van der Waals surface area contributed by atoms with Crippen LogP contribution < -0.4 is 16.2 Å². The quantitative estimate of drug-likeness (QED) is 0.271. The van der Waals surface area contributed by atoms with Gasteiger partial charge in [0.25, 0.3) is 5.91 Å². The maximum atomic E-state index is 12.9. The highest BCUT2D eigenvalue weighted by molar-refractivity contribution is 6.00. The number of rotatable bonds is 8. The van der Waals surface area contributed by atoms with Gasteiger partial charge in [-0.2, -0.15) is 5.10 Å². The number of benzene rings is 2. The minimum Gasteiger partial charge on any atom is -0.465 e. The fourth-order valence-corrected chi connectivity index (χ4v) is 3.22. The Morgan fingerprint density at radius 2 is 1.66 bits per heavy atom. The monoisotopic (exact) mass is 469 g/mol. The molecule has 0 radical (unpaired) electrons. The number of amides is 3. The van der Waals surface area contributed by atoms with Crippen LogP contribution in [0.2, 0.25) is 0 Å². The number of carbonyl (C=O) groups excluding carboxylic acids is 3. The zero-order valence-electron chi connectivity index (χ0n) is 18.7. The molecule has 0 bridgehead atoms. The summed E-state index contributed by atoms with van der Waals surface area (Å²) in [5.74, 6) is -0.777. The standard InChI is InChI=1S/C26H23N5O4/c32-23(14-13-21-12-7-17-35-21)27-16-15-24(33)28-29-26(34)22-18-31(20-10-5-2-6-11-20)30-25(22)19-8-3-1-4-9-19/h1-14,17-18H,15-16H2,(H,27,32)(H,28,33)(H,29,34)/b14-13+. The Morgan fingerprint density at radius 3 is 2.37 bits per heavy atom. The summed E-state index contributed by atoms with van der Waals surface area (Å²) in [6.07, 6.45) is 5.94. The average molecular weight is 470 g/mol. The van der Waals surface area contributed by atoms with Crippen molar-refractivity contribution in [3.8, 4) is 16.9 Å². The van der Waals surface area contributed by atoms with Crippen LogP contribution in [0.4, 0.5) is 0 Å². The van der Waals surface area contributed by atoms with Crippen LogP contribution in [0.15, 0.2) is 95.7 Å². The number of aromatic nitrogens is 2. The number of nitrogens with one attached hydrogen (secondary N) is 3. The first-order valence-electron chi connectivity index (χ1n) is 10.9. The van der Waals surface area contributed by atoms with Crippen molar-refractivity contribution in [3.05, 3.63) is 103 Å². The van der Waals surface area contributed by atoms with E-state index in [0.29, 0.717) is 17.0 Å². The number of carbonyl (C=O) groups is 3. The molecule has 3 amide bonds. The summed E-state index contributed by atoms with van der Waals surface area (Å²) in [6.45, 7) is 0.101. The van der Waals surface area contributed by atoms with Crippen LogP contribution in [-0.4, -0.2) is 34.0 Å². The van der Waals surface area contributed by atoms with Crippen molar-refractivity contribution in [1.29, 1.82) is 0 Å². The second-order valence-electron chi connectivity index (χ2n) is 7.43. The average Bonchev–Trinajstić information content (AvgIpc) is 3.58. The van der Waals surface area contributed by atoms with Crippen molar-refractivity contribution in [2.24, 2.45) is 0 Å². The summed E-state index contributed by atoms with van der Waals surface area (Å²) in [5.41, 5.74) is 7.15. The van der Waals surface area contributed by atoms with Gasteiger partial charge in [0, 0.05) is 30.8 Å². The van der Waals surface area contributed by atoms with Gasteiger partial charge in [0.15, 0.2) is 0 Å². The maximum absolute atomic E-state index is 12.9. The first-order chi connectivity index (χ1) is 17.1. The lowest BCUT2D eigenvalue weighted by Crippen LogP contribution is -2.42. The van der Waals surface area contributed by atoms with Crippen LogP contribution >= 0.6 is 0 Å². The molecule has 0 fully saturated rings. The highest BCUT2D eigenvalue weighted by Gasteiger charge is 2.19. The van der Waals surface area contributed by atoms with Crippen molar-refractivity contribution in [2.45, 2.75) is 6.42 Å². The normalized spacial score (nSPS) is 10.7. The zero-order chi connectivity index (χ0) is 24.5. The van der Waals surface area contributed by atoms with Crippen molar-refractivity contribution in [3.63, 3.8) is 0 Å². The Bertz CT molecular complexity index is 1310. The van der Waals surface area contributed by atoms with Gasteiger partial charge >= 0.3 is 0 Å². The molecule has 0 spiro atoms. The van der Waals surface area contributed by atoms with E-state index < -0.39 is 11.8 Å². The van der Waals surface area contributed by atoms with Gasteiger partial charge in [-0.1, -0.05) is 48.5 Å². The van der Waals surface area contributed by atoms with Crippen LogP contribution in [0.25, 0.3) is 23.0 Å². The number of hydrogen-bond donors (Lipinski definition) is 3. The van der Waals surface area contributed by atoms with E-state index in [1.54, 1.807) is 23.0 Å². The highest BCUT2D eigenvalue weighted by Crippen LogP contribution is 2.23. The zero-order valence-corrected chi connectivity index (χ0v) is 18.7. The van der Waals surface area contributed by atoms with Crippen molar-refractivity contribution >= 4 is 23.8 Å². The molecule has 0 aliphatic carbocycles. The summed E-state index contributed by atoms with van der Waals surface area (Å²) in [6, 6.07) is 22.2. The van der Waals surface area contributed by atoms with E-state index in [2.05, 4.69) is 21.3 Å². The van der Waals surface area contributed by atoms with Gasteiger partial charge in [-0.25, -0.2) is 4.68 Å². The number of hydrazine groups is 1. The van der Waals surface area contributed by atoms with Gasteiger partial charge in [0.2, 0.25) is 11.8 Å². The van der Waals surface area contributed by atoms with E-state index >= 15 is 0 Å². The van der Waals surface area contributed by atoms with Crippen molar-refractivity contribution in [2.75, 3.05) is 6.54 Å². The first kappa shape index (κ1) is 23.2. The molecule has 4 rings (SSSR count). The van der Waals surface area contributed by atoms with E-state index in [9.17, 15) is 14.4 Å². The van der Waals surface area contributed by atoms with Gasteiger partial charge in [-0.15, -0.1) is 0 Å². The summed E-state index contributed by atoms with van der Waals surface area (Å²) >= 11 is 0. The Kier molecular flexibility index (Phi) is 7.49. The topological polar surface area (TPSA) is 118 Å². The number of furan rings is 1. The smallest absolute Gasteiger partial charge is 0.273 e. The summed E-state index contributed by atoms with van der Waals surface area (Å²) in [7, 11) is 0. The molecule has 35 heavy (non-hydrogen) atoms. The molecule has 176 valence electrons. The third-order valence-corrected chi connectivity index (χ3v) is 4.94. The molecule has 3 N–H and O–H groups in total. The lowest BCUT2D eigenvalue weighted by molar-refractivity contribution is -0.122. The predicted octanol–water partition coefficient (Wildman–Crippen LogP) is 3.11. The van der Waals surface area contributed by atoms with E-state index in [1.807, 2.05) is 60.7 Å². The molecule has 0 aliphatic rings. The van der Waals surface area contributed by atoms with Gasteiger partial charge in [-0.3, -0.25) is 25.2 Å². The fraction of sp³-hybridized carbons (Fsp3) is 0.0769. The summed E-state index contributed by atoms with van der Waals surface area (Å²) < 4.78 is 6.72. The number of para-hydroxylation sites is 1. The minimum atomic E-state index is -0.509. The molecule has 0 saturated carbocycles. The predicted molar refractivity (Wildman–Crippen MR) is 130 cm³/mol. The van der Waals surface area contributed by atoms with E-state index in [4.69, 9.17) is 4.42 Å². The molecular formula is C26H23N5O4. The van der Waals surface area contributed by atoms with Crippen LogP contribution in [0.1, 0.15) is 22.5 Å². The van der Waals surface area contributed by atoms with E-state index in [1.165, 1.54) is 18.4 Å². The minimum absolute atomic E-state index is 0.0184. The van der Waals surface area contributed by atoms with Gasteiger partial charge < -0.3 is 9.73 Å². The molecule has 0 aliphatic heterocycles. The molecule has 0 atom stereocenters. The lowest BCUT2D eigenvalue weighted by Gasteiger charge is -2.08. The maximum Gasteiger partial charge on any atom is 0.273 e. The Morgan fingerprint density at radius 1 is 0.914 bits per heavy atom. The second kappa shape index (κ2) is 11.3. The molecule has 2 aromatic carbocycles. The first-order valence-corrected chi connectivity index (χ1v) is 10.9. The van der Waals surface area contributed by atoms with Gasteiger partial charge in [0.05, 0.1) is 17.5 Å². The van der Waals surface area contributed by atoms with Crippen molar-refractivity contribution in [1.82, 2.24) is 25.9 Å². The summed E-state index contributed by atoms with van der Waals surface area (Å²) in [5, 5.41) is 7.18. The molecule has 0 saturated heterocycles. The second-order valence-corrected chi connectivity index (χ2v) is 7.43. The molecule has 2 heterocycles. The van der Waals surface area contributed by atoms with Crippen molar-refractivity contribution < 1.29 is 18.8 Å². The molecule has 0 unspecified atom stereocenters. The van der Waals surface area contributed by atoms with Gasteiger partial charge in [-0.05, 0) is 30.3 Å². The fourth-order valence-electron chi connectivity index (χ4n) is 3.22. The molecule has 2 aromatic heterocycles. The Hall–Kier alpha value is -4.92. The molecule has 4 aromatic rings. The summed E-state index contributed by atoms with van der Waals surface area (Å²) in [4.78, 5) is 36.9. The Labute approximate surface area is 201 Å². The molecule has 9 heteroatoms. The Balaban J connectivity index is 1.34. The van der Waals surface area contributed by atoms with Crippen LogP contribution in [-0.2, 0) is 9.59 Å². The van der Waals surface area contributed by atoms with Crippen LogP contribution in [0.5, 0.6) is 0 Å². The van der Waals surface area contributed by atoms with E-state index in [0.717, 1.165) is 11.3 Å². The van der Waals surface area contributed by atoms with Gasteiger partial charge in [0.1, 0.15) is 11.5 Å².